The van der Waals surface area contributed by atoms with Crippen LogP contribution < -0.4 is 5.32 Å². The number of nitrogens with one attached hydrogen (secondary N) is 1. The Bertz CT molecular complexity index is 428. The summed E-state index contributed by atoms with van der Waals surface area (Å²) in [5, 5.41) is 3.42. The van der Waals surface area contributed by atoms with Gasteiger partial charge in [-0.15, -0.1) is 0 Å². The van der Waals surface area contributed by atoms with Gasteiger partial charge in [0.25, 0.3) is 0 Å². The van der Waals surface area contributed by atoms with E-state index in [1.165, 1.54) is 29.8 Å². The highest BCUT2D eigenvalue weighted by molar-refractivity contribution is 5.30. The molecule has 0 bridgehead atoms. The average Bonchev–Trinajstić information content (AvgIpc) is 3.07. The second kappa shape index (κ2) is 4.37. The molecular weight excluding hydrogens is 210 g/mol. The maximum Gasteiger partial charge on any atom is 0.132 e. The van der Waals surface area contributed by atoms with E-state index in [0.717, 1.165) is 37.7 Å². The van der Waals surface area contributed by atoms with Crippen molar-refractivity contribution in [2.45, 2.75) is 52.0 Å². The van der Waals surface area contributed by atoms with Crippen molar-refractivity contribution in [1.29, 1.82) is 0 Å². The zero-order chi connectivity index (χ0) is 11.8. The highest BCUT2D eigenvalue weighted by Crippen LogP contribution is 2.45. The summed E-state index contributed by atoms with van der Waals surface area (Å²) in [6.07, 6.45) is 4.67. The summed E-state index contributed by atoms with van der Waals surface area (Å²) in [5.74, 6) is 2.54. The first-order chi connectivity index (χ1) is 8.29. The molecule has 2 atom stereocenters. The molecule has 2 unspecified atom stereocenters. The van der Waals surface area contributed by atoms with E-state index in [2.05, 4.69) is 19.2 Å². The van der Waals surface area contributed by atoms with Crippen molar-refractivity contribution in [3.63, 3.8) is 0 Å². The Hall–Kier alpha value is -0.960. The Balaban J connectivity index is 1.99. The minimum Gasteiger partial charge on any atom is -0.311 e. The van der Waals surface area contributed by atoms with Gasteiger partial charge in [0, 0.05) is 18.2 Å². The maximum atomic E-state index is 4.85. The zero-order valence-corrected chi connectivity index (χ0v) is 10.8. The minimum absolute atomic E-state index is 0.637. The molecule has 3 nitrogen and oxygen atoms in total. The van der Waals surface area contributed by atoms with E-state index in [1.54, 1.807) is 0 Å². The van der Waals surface area contributed by atoms with Gasteiger partial charge in [0.1, 0.15) is 5.82 Å². The second-order valence-corrected chi connectivity index (χ2v) is 5.45. The molecule has 1 saturated carbocycles. The van der Waals surface area contributed by atoms with Crippen LogP contribution in [0.3, 0.4) is 0 Å². The molecule has 0 saturated heterocycles. The van der Waals surface area contributed by atoms with E-state index in [1.807, 2.05) is 0 Å². The molecule has 0 aromatic carbocycles. The molecule has 1 aromatic heterocycles. The van der Waals surface area contributed by atoms with Crippen molar-refractivity contribution < 1.29 is 0 Å². The van der Waals surface area contributed by atoms with Gasteiger partial charge in [-0.2, -0.15) is 0 Å². The molecule has 1 aromatic rings. The van der Waals surface area contributed by atoms with Crippen molar-refractivity contribution >= 4 is 0 Å². The first-order valence-corrected chi connectivity index (χ1v) is 6.89. The monoisotopic (exact) mass is 231 g/mol. The normalized spacial score (nSPS) is 26.7. The Morgan fingerprint density at radius 2 is 2.18 bits per heavy atom. The van der Waals surface area contributed by atoms with Crippen molar-refractivity contribution in [2.75, 3.05) is 6.54 Å². The van der Waals surface area contributed by atoms with Crippen LogP contribution in [0, 0.1) is 5.92 Å². The van der Waals surface area contributed by atoms with E-state index in [-0.39, 0.29) is 0 Å². The Labute approximate surface area is 103 Å². The molecule has 2 heterocycles. The van der Waals surface area contributed by atoms with Gasteiger partial charge in [-0.05, 0) is 37.3 Å². The van der Waals surface area contributed by atoms with E-state index < -0.39 is 0 Å². The maximum absolute atomic E-state index is 4.85. The molecule has 17 heavy (non-hydrogen) atoms. The highest BCUT2D eigenvalue weighted by atomic mass is 15.0. The predicted octanol–water partition coefficient (Wildman–Crippen LogP) is 2.20. The van der Waals surface area contributed by atoms with Crippen LogP contribution in [0.5, 0.6) is 0 Å². The Morgan fingerprint density at radius 1 is 1.35 bits per heavy atom. The molecule has 3 heteroatoms. The third kappa shape index (κ3) is 2.08. The van der Waals surface area contributed by atoms with Gasteiger partial charge in [0.2, 0.25) is 0 Å². The van der Waals surface area contributed by atoms with Crippen molar-refractivity contribution in [3.05, 3.63) is 22.8 Å². The molecule has 0 amide bonds. The van der Waals surface area contributed by atoms with Crippen LogP contribution in [0.25, 0.3) is 0 Å². The number of aromatic nitrogens is 2. The molecule has 1 aliphatic heterocycles. The van der Waals surface area contributed by atoms with Crippen LogP contribution in [0.4, 0.5) is 0 Å². The first kappa shape index (κ1) is 11.1. The van der Waals surface area contributed by atoms with Gasteiger partial charge in [-0.25, -0.2) is 9.97 Å². The average molecular weight is 231 g/mol. The van der Waals surface area contributed by atoms with Gasteiger partial charge in [-0.1, -0.05) is 20.3 Å². The highest BCUT2D eigenvalue weighted by Gasteiger charge is 2.37. The van der Waals surface area contributed by atoms with Crippen LogP contribution in [0.15, 0.2) is 0 Å². The smallest absolute Gasteiger partial charge is 0.132 e. The third-order valence-corrected chi connectivity index (χ3v) is 3.97. The molecule has 1 fully saturated rings. The minimum atomic E-state index is 0.637. The van der Waals surface area contributed by atoms with E-state index in [9.17, 15) is 0 Å². The quantitative estimate of drug-likeness (QED) is 0.866. The summed E-state index contributed by atoms with van der Waals surface area (Å²) >= 11 is 0. The van der Waals surface area contributed by atoms with E-state index >= 15 is 0 Å². The second-order valence-electron chi connectivity index (χ2n) is 5.45. The lowest BCUT2D eigenvalue weighted by atomic mass is 10.0. The van der Waals surface area contributed by atoms with Crippen LogP contribution in [-0.2, 0) is 19.4 Å². The Morgan fingerprint density at radius 3 is 2.88 bits per heavy atom. The lowest BCUT2D eigenvalue weighted by Crippen LogP contribution is -2.27. The fourth-order valence-corrected chi connectivity index (χ4v) is 2.75. The van der Waals surface area contributed by atoms with Crippen LogP contribution >= 0.6 is 0 Å². The molecule has 0 spiro atoms. The summed E-state index contributed by atoms with van der Waals surface area (Å²) < 4.78 is 0. The van der Waals surface area contributed by atoms with E-state index in [4.69, 9.17) is 9.97 Å². The molecule has 0 radical (unpaired) electrons. The number of fused-ring (bicyclic) bond motifs is 1. The van der Waals surface area contributed by atoms with E-state index in [0.29, 0.717) is 5.92 Å². The van der Waals surface area contributed by atoms with Crippen molar-refractivity contribution in [3.8, 4) is 0 Å². The fourth-order valence-electron chi connectivity index (χ4n) is 2.75. The van der Waals surface area contributed by atoms with Crippen LogP contribution in [0.2, 0.25) is 0 Å². The summed E-state index contributed by atoms with van der Waals surface area (Å²) in [5.41, 5.74) is 4.03. The van der Waals surface area contributed by atoms with Gasteiger partial charge in [0.15, 0.2) is 0 Å². The molecule has 1 N–H and O–H groups in total. The Kier molecular flexibility index (Phi) is 2.87. The van der Waals surface area contributed by atoms with Crippen LogP contribution in [0.1, 0.15) is 55.4 Å². The van der Waals surface area contributed by atoms with Gasteiger partial charge in [0.05, 0.1) is 5.69 Å². The fraction of sp³-hybridized carbons (Fsp3) is 0.714. The molecular formula is C14H21N3. The lowest BCUT2D eigenvalue weighted by Gasteiger charge is -2.20. The van der Waals surface area contributed by atoms with Crippen LogP contribution in [-0.4, -0.2) is 16.5 Å². The third-order valence-electron chi connectivity index (χ3n) is 3.97. The SMILES string of the molecule is CCCc1nc(C2CC2C)nc2c1CCNC2. The topological polar surface area (TPSA) is 37.8 Å². The lowest BCUT2D eigenvalue weighted by molar-refractivity contribution is 0.604. The van der Waals surface area contributed by atoms with Gasteiger partial charge < -0.3 is 5.32 Å². The molecule has 1 aliphatic carbocycles. The number of hydrogen-bond donors (Lipinski definition) is 1. The standard InChI is InChI=1S/C14H21N3/c1-3-4-12-10-5-6-15-8-13(10)17-14(16-12)11-7-9(11)2/h9,11,15H,3-8H2,1-2H3. The van der Waals surface area contributed by atoms with Gasteiger partial charge in [-0.3, -0.25) is 0 Å². The largest absolute Gasteiger partial charge is 0.311 e. The number of rotatable bonds is 3. The summed E-state index contributed by atoms with van der Waals surface area (Å²) in [4.78, 5) is 9.64. The molecule has 2 aliphatic rings. The first-order valence-electron chi connectivity index (χ1n) is 6.89. The molecule has 92 valence electrons. The number of hydrogen-bond acceptors (Lipinski definition) is 3. The summed E-state index contributed by atoms with van der Waals surface area (Å²) in [6.45, 7) is 6.54. The van der Waals surface area contributed by atoms with Crippen molar-refractivity contribution in [2.24, 2.45) is 5.92 Å². The summed E-state index contributed by atoms with van der Waals surface area (Å²) in [6, 6.07) is 0. The van der Waals surface area contributed by atoms with Gasteiger partial charge >= 0.3 is 0 Å². The predicted molar refractivity (Wildman–Crippen MR) is 68.0 cm³/mol. The zero-order valence-electron chi connectivity index (χ0n) is 10.8. The number of nitrogens with zero attached hydrogens (tertiary/aromatic N) is 2. The molecule has 3 rings (SSSR count). The summed E-state index contributed by atoms with van der Waals surface area (Å²) in [7, 11) is 0. The number of aryl methyl sites for hydroxylation is 1. The van der Waals surface area contributed by atoms with Crippen molar-refractivity contribution in [1.82, 2.24) is 15.3 Å².